The van der Waals surface area contributed by atoms with Gasteiger partial charge in [0.05, 0.1) is 5.38 Å². The van der Waals surface area contributed by atoms with Crippen LogP contribution in [0.4, 0.5) is 0 Å². The van der Waals surface area contributed by atoms with Gasteiger partial charge in [0.15, 0.2) is 5.82 Å². The zero-order valence-corrected chi connectivity index (χ0v) is 8.42. The maximum Gasteiger partial charge on any atom is 0.229 e. The Kier molecular flexibility index (Phi) is 2.54. The Balaban J connectivity index is 2.08. The molecule has 1 aliphatic rings. The highest BCUT2D eigenvalue weighted by Crippen LogP contribution is 2.36. The van der Waals surface area contributed by atoms with Crippen LogP contribution in [0.15, 0.2) is 4.52 Å². The van der Waals surface area contributed by atoms with E-state index in [0.29, 0.717) is 11.7 Å². The van der Waals surface area contributed by atoms with E-state index in [4.69, 9.17) is 16.1 Å². The van der Waals surface area contributed by atoms with Crippen LogP contribution in [0, 0.1) is 0 Å². The molecular weight excluding hydrogens is 188 g/mol. The van der Waals surface area contributed by atoms with Crippen LogP contribution in [0.1, 0.15) is 55.6 Å². The van der Waals surface area contributed by atoms with Crippen molar-refractivity contribution in [1.29, 1.82) is 0 Å². The topological polar surface area (TPSA) is 38.9 Å². The van der Waals surface area contributed by atoms with E-state index in [9.17, 15) is 0 Å². The number of hydrogen-bond acceptors (Lipinski definition) is 3. The van der Waals surface area contributed by atoms with Crippen molar-refractivity contribution in [2.24, 2.45) is 0 Å². The highest BCUT2D eigenvalue weighted by atomic mass is 35.5. The molecule has 0 aliphatic heterocycles. The van der Waals surface area contributed by atoms with Gasteiger partial charge in [0.25, 0.3) is 0 Å². The lowest BCUT2D eigenvalue weighted by Crippen LogP contribution is -2.09. The van der Waals surface area contributed by atoms with E-state index in [1.807, 2.05) is 6.92 Å². The van der Waals surface area contributed by atoms with Gasteiger partial charge in [-0.05, 0) is 19.3 Å². The van der Waals surface area contributed by atoms with E-state index >= 15 is 0 Å². The van der Waals surface area contributed by atoms with Gasteiger partial charge in [0, 0.05) is 5.92 Å². The summed E-state index contributed by atoms with van der Waals surface area (Å²) in [6.45, 7) is 2.01. The standard InChI is InChI=1S/C9H13ClN2O/c1-2-7(10)8-11-9(13-12-8)6-4-3-5-6/h6-7H,2-5H2,1H3. The highest BCUT2D eigenvalue weighted by molar-refractivity contribution is 6.20. The fraction of sp³-hybridized carbons (Fsp3) is 0.778. The Morgan fingerprint density at radius 2 is 2.38 bits per heavy atom. The van der Waals surface area contributed by atoms with Gasteiger partial charge < -0.3 is 4.52 Å². The summed E-state index contributed by atoms with van der Waals surface area (Å²) in [5.41, 5.74) is 0. The Labute approximate surface area is 82.5 Å². The van der Waals surface area contributed by atoms with Crippen molar-refractivity contribution in [3.05, 3.63) is 11.7 Å². The summed E-state index contributed by atoms with van der Waals surface area (Å²) < 4.78 is 5.15. The molecule has 0 N–H and O–H groups in total. The van der Waals surface area contributed by atoms with E-state index in [0.717, 1.165) is 12.3 Å². The molecule has 0 spiro atoms. The largest absolute Gasteiger partial charge is 0.339 e. The average molecular weight is 201 g/mol. The molecule has 1 saturated carbocycles. The molecule has 0 amide bonds. The Hall–Kier alpha value is -0.570. The van der Waals surface area contributed by atoms with Gasteiger partial charge in [0.1, 0.15) is 0 Å². The van der Waals surface area contributed by atoms with E-state index < -0.39 is 0 Å². The summed E-state index contributed by atoms with van der Waals surface area (Å²) in [6, 6.07) is 0. The second kappa shape index (κ2) is 3.66. The van der Waals surface area contributed by atoms with Crippen LogP contribution in [-0.2, 0) is 0 Å². The first kappa shape index (κ1) is 9.00. The molecule has 3 nitrogen and oxygen atoms in total. The molecule has 1 atom stereocenters. The third-order valence-corrected chi connectivity index (χ3v) is 3.05. The average Bonchev–Trinajstić information content (AvgIpc) is 2.49. The summed E-state index contributed by atoms with van der Waals surface area (Å²) in [5.74, 6) is 1.92. The van der Waals surface area contributed by atoms with Crippen LogP contribution in [0.3, 0.4) is 0 Å². The van der Waals surface area contributed by atoms with Gasteiger partial charge in [-0.15, -0.1) is 11.6 Å². The van der Waals surface area contributed by atoms with Gasteiger partial charge in [0.2, 0.25) is 5.89 Å². The lowest BCUT2D eigenvalue weighted by Gasteiger charge is -2.20. The third-order valence-electron chi connectivity index (χ3n) is 2.55. The van der Waals surface area contributed by atoms with Crippen molar-refractivity contribution in [3.8, 4) is 0 Å². The van der Waals surface area contributed by atoms with Crippen LogP contribution < -0.4 is 0 Å². The Bertz CT molecular complexity index is 264. The molecule has 1 heterocycles. The van der Waals surface area contributed by atoms with Crippen molar-refractivity contribution >= 4 is 11.6 Å². The molecule has 1 aliphatic carbocycles. The first-order chi connectivity index (χ1) is 6.31. The molecule has 0 radical (unpaired) electrons. The third kappa shape index (κ3) is 1.70. The minimum atomic E-state index is -0.0995. The zero-order valence-electron chi connectivity index (χ0n) is 7.66. The maximum atomic E-state index is 5.98. The van der Waals surface area contributed by atoms with Crippen molar-refractivity contribution in [2.75, 3.05) is 0 Å². The van der Waals surface area contributed by atoms with Crippen molar-refractivity contribution in [3.63, 3.8) is 0 Å². The second-order valence-corrected chi connectivity index (χ2v) is 4.02. The molecule has 0 bridgehead atoms. The van der Waals surface area contributed by atoms with E-state index in [2.05, 4.69) is 10.1 Å². The molecular formula is C9H13ClN2O. The SMILES string of the molecule is CCC(Cl)c1noc(C2CCC2)n1. The summed E-state index contributed by atoms with van der Waals surface area (Å²) in [5, 5.41) is 3.77. The van der Waals surface area contributed by atoms with Crippen LogP contribution in [0.25, 0.3) is 0 Å². The number of aromatic nitrogens is 2. The lowest BCUT2D eigenvalue weighted by molar-refractivity contribution is 0.291. The van der Waals surface area contributed by atoms with Gasteiger partial charge >= 0.3 is 0 Å². The summed E-state index contributed by atoms with van der Waals surface area (Å²) in [7, 11) is 0. The van der Waals surface area contributed by atoms with Crippen LogP contribution in [0.5, 0.6) is 0 Å². The number of hydrogen-bond donors (Lipinski definition) is 0. The zero-order chi connectivity index (χ0) is 9.26. The monoisotopic (exact) mass is 200 g/mol. The number of halogens is 1. The minimum Gasteiger partial charge on any atom is -0.339 e. The predicted octanol–water partition coefficient (Wildman–Crippen LogP) is 3.03. The van der Waals surface area contributed by atoms with Crippen LogP contribution >= 0.6 is 11.6 Å². The number of rotatable bonds is 3. The van der Waals surface area contributed by atoms with Gasteiger partial charge in [-0.1, -0.05) is 18.5 Å². The lowest BCUT2D eigenvalue weighted by atomic mass is 9.85. The normalized spacial score (nSPS) is 19.8. The molecule has 0 aromatic carbocycles. The summed E-state index contributed by atoms with van der Waals surface area (Å²) in [6.07, 6.45) is 4.48. The number of alkyl halides is 1. The fourth-order valence-corrected chi connectivity index (χ4v) is 1.47. The summed E-state index contributed by atoms with van der Waals surface area (Å²) in [4.78, 5) is 4.29. The number of nitrogens with zero attached hydrogens (tertiary/aromatic N) is 2. The fourth-order valence-electron chi connectivity index (χ4n) is 1.38. The highest BCUT2D eigenvalue weighted by Gasteiger charge is 2.26. The molecule has 1 aromatic heterocycles. The van der Waals surface area contributed by atoms with Gasteiger partial charge in [-0.25, -0.2) is 0 Å². The first-order valence-corrected chi connectivity index (χ1v) is 5.22. The molecule has 72 valence electrons. The van der Waals surface area contributed by atoms with Crippen molar-refractivity contribution in [1.82, 2.24) is 10.1 Å². The molecule has 1 unspecified atom stereocenters. The summed E-state index contributed by atoms with van der Waals surface area (Å²) >= 11 is 5.98. The van der Waals surface area contributed by atoms with Crippen LogP contribution in [0.2, 0.25) is 0 Å². The minimum absolute atomic E-state index is 0.0995. The second-order valence-electron chi connectivity index (χ2n) is 3.49. The maximum absolute atomic E-state index is 5.98. The van der Waals surface area contributed by atoms with E-state index in [1.165, 1.54) is 19.3 Å². The quantitative estimate of drug-likeness (QED) is 0.704. The molecule has 1 fully saturated rings. The molecule has 4 heteroatoms. The Morgan fingerprint density at radius 1 is 1.62 bits per heavy atom. The van der Waals surface area contributed by atoms with E-state index in [-0.39, 0.29) is 5.38 Å². The van der Waals surface area contributed by atoms with Gasteiger partial charge in [-0.2, -0.15) is 4.98 Å². The van der Waals surface area contributed by atoms with Crippen molar-refractivity contribution < 1.29 is 4.52 Å². The molecule has 1 aromatic rings. The molecule has 13 heavy (non-hydrogen) atoms. The molecule has 0 saturated heterocycles. The molecule has 2 rings (SSSR count). The van der Waals surface area contributed by atoms with E-state index in [1.54, 1.807) is 0 Å². The van der Waals surface area contributed by atoms with Gasteiger partial charge in [-0.3, -0.25) is 0 Å². The van der Waals surface area contributed by atoms with Crippen molar-refractivity contribution in [2.45, 2.75) is 43.9 Å². The van der Waals surface area contributed by atoms with Crippen LogP contribution in [-0.4, -0.2) is 10.1 Å². The predicted molar refractivity (Wildman–Crippen MR) is 49.8 cm³/mol. The Morgan fingerprint density at radius 3 is 2.92 bits per heavy atom. The smallest absolute Gasteiger partial charge is 0.229 e. The first-order valence-electron chi connectivity index (χ1n) is 4.78.